The highest BCUT2D eigenvalue weighted by atomic mass is 79.9. The highest BCUT2D eigenvalue weighted by Gasteiger charge is 2.04. The van der Waals surface area contributed by atoms with Crippen LogP contribution in [0.2, 0.25) is 0 Å². The zero-order valence-electron chi connectivity index (χ0n) is 9.25. The Morgan fingerprint density at radius 1 is 1.31 bits per heavy atom. The van der Waals surface area contributed by atoms with Gasteiger partial charge in [0.15, 0.2) is 6.39 Å². The van der Waals surface area contributed by atoms with Gasteiger partial charge in [0.05, 0.1) is 12.7 Å². The van der Waals surface area contributed by atoms with E-state index in [1.54, 1.807) is 6.20 Å². The van der Waals surface area contributed by atoms with Crippen LogP contribution in [0, 0.1) is 13.8 Å². The Morgan fingerprint density at radius 2 is 2.00 bits per heavy atom. The van der Waals surface area contributed by atoms with Crippen molar-refractivity contribution in [2.75, 3.05) is 5.32 Å². The molecule has 0 aliphatic carbocycles. The number of benzene rings is 1. The maximum atomic E-state index is 5.18. The second-order valence-corrected chi connectivity index (χ2v) is 4.65. The zero-order chi connectivity index (χ0) is 11.5. The van der Waals surface area contributed by atoms with Crippen LogP contribution in [0.1, 0.15) is 16.9 Å². The van der Waals surface area contributed by atoms with Gasteiger partial charge in [-0.15, -0.1) is 0 Å². The van der Waals surface area contributed by atoms with Crippen molar-refractivity contribution in [1.82, 2.24) is 4.98 Å². The Balaban J connectivity index is 2.15. The molecule has 0 atom stereocenters. The summed E-state index contributed by atoms with van der Waals surface area (Å²) in [7, 11) is 0. The van der Waals surface area contributed by atoms with Crippen molar-refractivity contribution >= 4 is 21.6 Å². The molecule has 84 valence electrons. The smallest absolute Gasteiger partial charge is 0.180 e. The molecule has 1 aromatic heterocycles. The summed E-state index contributed by atoms with van der Waals surface area (Å²) in [5, 5.41) is 3.36. The molecular formula is C12H13BrN2O. The highest BCUT2D eigenvalue weighted by Crippen LogP contribution is 2.25. The fourth-order valence-electron chi connectivity index (χ4n) is 1.69. The van der Waals surface area contributed by atoms with Gasteiger partial charge in [0.1, 0.15) is 5.76 Å². The molecule has 2 rings (SSSR count). The number of hydrogen-bond donors (Lipinski definition) is 1. The van der Waals surface area contributed by atoms with E-state index < -0.39 is 0 Å². The molecular weight excluding hydrogens is 268 g/mol. The minimum absolute atomic E-state index is 0.656. The van der Waals surface area contributed by atoms with Crippen molar-refractivity contribution in [1.29, 1.82) is 0 Å². The van der Waals surface area contributed by atoms with Crippen LogP contribution in [-0.4, -0.2) is 4.98 Å². The van der Waals surface area contributed by atoms with Crippen molar-refractivity contribution in [2.45, 2.75) is 20.4 Å². The molecule has 0 saturated heterocycles. The van der Waals surface area contributed by atoms with Gasteiger partial charge in [0.2, 0.25) is 0 Å². The molecule has 0 bridgehead atoms. The van der Waals surface area contributed by atoms with Crippen molar-refractivity contribution in [3.05, 3.63) is 46.1 Å². The zero-order valence-corrected chi connectivity index (χ0v) is 10.8. The summed E-state index contributed by atoms with van der Waals surface area (Å²) in [6, 6.07) is 4.19. The molecule has 0 spiro atoms. The van der Waals surface area contributed by atoms with E-state index in [2.05, 4.69) is 52.2 Å². The van der Waals surface area contributed by atoms with Gasteiger partial charge in [-0.3, -0.25) is 0 Å². The van der Waals surface area contributed by atoms with Gasteiger partial charge < -0.3 is 9.73 Å². The van der Waals surface area contributed by atoms with Crippen LogP contribution >= 0.6 is 15.9 Å². The second-order valence-electron chi connectivity index (χ2n) is 3.74. The fourth-order valence-corrected chi connectivity index (χ4v) is 2.38. The molecule has 0 fully saturated rings. The lowest BCUT2D eigenvalue weighted by Gasteiger charge is -2.12. The summed E-state index contributed by atoms with van der Waals surface area (Å²) in [6.45, 7) is 4.82. The summed E-state index contributed by atoms with van der Waals surface area (Å²) in [5.41, 5.74) is 3.58. The number of nitrogens with one attached hydrogen (secondary N) is 1. The Morgan fingerprint density at radius 3 is 2.56 bits per heavy atom. The first kappa shape index (κ1) is 11.2. The van der Waals surface area contributed by atoms with Crippen molar-refractivity contribution in [3.8, 4) is 0 Å². The average molecular weight is 281 g/mol. The number of aryl methyl sites for hydroxylation is 2. The maximum absolute atomic E-state index is 5.18. The largest absolute Gasteiger partial charge is 0.447 e. The summed E-state index contributed by atoms with van der Waals surface area (Å²) < 4.78 is 6.28. The number of anilines is 1. The molecule has 16 heavy (non-hydrogen) atoms. The molecule has 0 unspecified atom stereocenters. The lowest BCUT2D eigenvalue weighted by atomic mass is 10.1. The molecule has 1 aromatic carbocycles. The molecule has 0 aliphatic heterocycles. The van der Waals surface area contributed by atoms with E-state index in [0.29, 0.717) is 6.54 Å². The SMILES string of the molecule is Cc1cc(Br)cc(C)c1NCc1cnco1. The van der Waals surface area contributed by atoms with Gasteiger partial charge in [-0.25, -0.2) is 4.98 Å². The number of rotatable bonds is 3. The van der Waals surface area contributed by atoms with E-state index in [0.717, 1.165) is 15.9 Å². The number of aromatic nitrogens is 1. The first-order valence-corrected chi connectivity index (χ1v) is 5.84. The van der Waals surface area contributed by atoms with Crippen LogP contribution in [0.4, 0.5) is 5.69 Å². The molecule has 1 heterocycles. The first-order valence-electron chi connectivity index (χ1n) is 5.05. The second kappa shape index (κ2) is 4.70. The molecule has 2 aromatic rings. The monoisotopic (exact) mass is 280 g/mol. The van der Waals surface area contributed by atoms with E-state index in [9.17, 15) is 0 Å². The third kappa shape index (κ3) is 2.44. The number of nitrogens with zero attached hydrogens (tertiary/aromatic N) is 1. The van der Waals surface area contributed by atoms with Gasteiger partial charge in [0.25, 0.3) is 0 Å². The van der Waals surface area contributed by atoms with Gasteiger partial charge in [-0.2, -0.15) is 0 Å². The summed E-state index contributed by atoms with van der Waals surface area (Å²) in [4.78, 5) is 3.88. The predicted molar refractivity (Wildman–Crippen MR) is 67.4 cm³/mol. The molecule has 4 heteroatoms. The molecule has 1 N–H and O–H groups in total. The van der Waals surface area contributed by atoms with Crippen molar-refractivity contribution < 1.29 is 4.42 Å². The molecule has 3 nitrogen and oxygen atoms in total. The van der Waals surface area contributed by atoms with Gasteiger partial charge in [0, 0.05) is 10.2 Å². The van der Waals surface area contributed by atoms with Crippen molar-refractivity contribution in [3.63, 3.8) is 0 Å². The highest BCUT2D eigenvalue weighted by molar-refractivity contribution is 9.10. The number of hydrogen-bond acceptors (Lipinski definition) is 3. The molecule has 0 aliphatic rings. The first-order chi connectivity index (χ1) is 7.66. The van der Waals surface area contributed by atoms with E-state index >= 15 is 0 Å². The predicted octanol–water partition coefficient (Wildman–Crippen LogP) is 3.67. The van der Waals surface area contributed by atoms with E-state index in [4.69, 9.17) is 4.42 Å². The third-order valence-electron chi connectivity index (χ3n) is 2.42. The topological polar surface area (TPSA) is 38.1 Å². The van der Waals surface area contributed by atoms with Crippen LogP contribution in [0.3, 0.4) is 0 Å². The maximum Gasteiger partial charge on any atom is 0.180 e. The average Bonchev–Trinajstić information content (AvgIpc) is 2.68. The number of oxazole rings is 1. The standard InChI is InChI=1S/C12H13BrN2O/c1-8-3-10(13)4-9(2)12(8)15-6-11-5-14-7-16-11/h3-5,7,15H,6H2,1-2H3. The minimum atomic E-state index is 0.656. The van der Waals surface area contributed by atoms with E-state index in [1.807, 2.05) is 0 Å². The van der Waals surface area contributed by atoms with Gasteiger partial charge >= 0.3 is 0 Å². The summed E-state index contributed by atoms with van der Waals surface area (Å²) in [6.07, 6.45) is 3.16. The Hall–Kier alpha value is -1.29. The Labute approximate surface area is 103 Å². The molecule has 0 saturated carbocycles. The van der Waals surface area contributed by atoms with Crippen LogP contribution in [0.25, 0.3) is 0 Å². The van der Waals surface area contributed by atoms with Gasteiger partial charge in [-0.05, 0) is 37.1 Å². The fraction of sp³-hybridized carbons (Fsp3) is 0.250. The van der Waals surface area contributed by atoms with Crippen molar-refractivity contribution in [2.24, 2.45) is 0 Å². The molecule has 0 radical (unpaired) electrons. The summed E-state index contributed by atoms with van der Waals surface area (Å²) in [5.74, 6) is 0.835. The van der Waals surface area contributed by atoms with Crippen LogP contribution in [-0.2, 0) is 6.54 Å². The molecule has 0 amide bonds. The van der Waals surface area contributed by atoms with Gasteiger partial charge in [-0.1, -0.05) is 15.9 Å². The van der Waals surface area contributed by atoms with E-state index in [-0.39, 0.29) is 0 Å². The quantitative estimate of drug-likeness (QED) is 0.932. The Bertz CT molecular complexity index is 457. The summed E-state index contributed by atoms with van der Waals surface area (Å²) >= 11 is 3.48. The number of halogens is 1. The third-order valence-corrected chi connectivity index (χ3v) is 2.88. The lowest BCUT2D eigenvalue weighted by molar-refractivity contribution is 0.511. The normalized spacial score (nSPS) is 10.4. The van der Waals surface area contributed by atoms with Crippen LogP contribution in [0.5, 0.6) is 0 Å². The lowest BCUT2D eigenvalue weighted by Crippen LogP contribution is -2.02. The Kier molecular flexibility index (Phi) is 3.29. The van der Waals surface area contributed by atoms with E-state index in [1.165, 1.54) is 17.5 Å². The van der Waals surface area contributed by atoms with Crippen LogP contribution < -0.4 is 5.32 Å². The van der Waals surface area contributed by atoms with Crippen LogP contribution in [0.15, 0.2) is 33.6 Å². The minimum Gasteiger partial charge on any atom is -0.447 e.